The third kappa shape index (κ3) is 6.48. The number of halogens is 5. The van der Waals surface area contributed by atoms with Crippen LogP contribution in [0.15, 0.2) is 0 Å². The zero-order chi connectivity index (χ0) is 14.8. The number of hydrogen-bond donors (Lipinski definition) is 1. The van der Waals surface area contributed by atoms with E-state index >= 15 is 0 Å². The highest BCUT2D eigenvalue weighted by atomic mass is 35.5. The van der Waals surface area contributed by atoms with Crippen molar-refractivity contribution >= 4 is 30.7 Å². The average molecular weight is 366 g/mol. The van der Waals surface area contributed by atoms with Gasteiger partial charge in [0.05, 0.1) is 6.54 Å². The fourth-order valence-corrected chi connectivity index (χ4v) is 2.38. The molecule has 1 unspecified atom stereocenters. The van der Waals surface area contributed by atoms with Crippen LogP contribution in [0.4, 0.5) is 13.2 Å². The number of amides is 1. The number of nitrogens with zero attached hydrogens (tertiary/aromatic N) is 2. The molecule has 1 atom stereocenters. The van der Waals surface area contributed by atoms with Crippen LogP contribution < -0.4 is 5.32 Å². The number of carbonyl (C=O) groups is 1. The van der Waals surface area contributed by atoms with Gasteiger partial charge in [-0.3, -0.25) is 9.69 Å². The number of carbonyl (C=O) groups excluding carboxylic acids is 1. The SMILES string of the molecule is CC(N1CCN(C(=O)CNCC2CC2)CC1)C(F)(F)F.Cl.Cl. The van der Waals surface area contributed by atoms with Crippen molar-refractivity contribution in [3.05, 3.63) is 0 Å². The first-order valence-electron chi connectivity index (χ1n) is 7.17. The molecule has 0 aromatic heterocycles. The molecule has 2 rings (SSSR count). The maximum atomic E-state index is 12.6. The Kier molecular flexibility index (Phi) is 9.05. The molecule has 2 aliphatic rings. The highest BCUT2D eigenvalue weighted by Crippen LogP contribution is 2.27. The first-order chi connectivity index (χ1) is 9.38. The fraction of sp³-hybridized carbons (Fsp3) is 0.923. The topological polar surface area (TPSA) is 35.6 Å². The Morgan fingerprint density at radius 1 is 1.18 bits per heavy atom. The Labute approximate surface area is 141 Å². The Morgan fingerprint density at radius 2 is 1.73 bits per heavy atom. The molecule has 0 spiro atoms. The van der Waals surface area contributed by atoms with E-state index in [0.717, 1.165) is 6.54 Å². The van der Waals surface area contributed by atoms with Gasteiger partial charge < -0.3 is 10.2 Å². The molecule has 4 nitrogen and oxygen atoms in total. The standard InChI is InChI=1S/C13H22F3N3O.2ClH/c1-10(13(14,15)16)18-4-6-19(7-5-18)12(20)9-17-8-11-2-3-11;;/h10-11,17H,2-9H2,1H3;2*1H. The summed E-state index contributed by atoms with van der Waals surface area (Å²) >= 11 is 0. The molecule has 1 aliphatic carbocycles. The number of nitrogens with one attached hydrogen (secondary N) is 1. The van der Waals surface area contributed by atoms with Crippen LogP contribution in [0.25, 0.3) is 0 Å². The van der Waals surface area contributed by atoms with Crippen LogP contribution in [0.2, 0.25) is 0 Å². The number of rotatable bonds is 5. The second-order valence-electron chi connectivity index (χ2n) is 5.71. The molecule has 22 heavy (non-hydrogen) atoms. The van der Waals surface area contributed by atoms with Crippen molar-refractivity contribution in [3.63, 3.8) is 0 Å². The third-order valence-corrected chi connectivity index (χ3v) is 4.09. The fourth-order valence-electron chi connectivity index (χ4n) is 2.38. The molecule has 1 saturated heterocycles. The quantitative estimate of drug-likeness (QED) is 0.808. The Morgan fingerprint density at radius 3 is 2.18 bits per heavy atom. The van der Waals surface area contributed by atoms with E-state index in [0.29, 0.717) is 25.6 Å². The first kappa shape index (κ1) is 21.8. The summed E-state index contributed by atoms with van der Waals surface area (Å²) in [7, 11) is 0. The molecule has 1 heterocycles. The minimum absolute atomic E-state index is 0. The van der Waals surface area contributed by atoms with Crippen molar-refractivity contribution in [2.24, 2.45) is 5.92 Å². The molecule has 0 aromatic carbocycles. The van der Waals surface area contributed by atoms with Gasteiger partial charge in [0.15, 0.2) is 0 Å². The highest BCUT2D eigenvalue weighted by molar-refractivity contribution is 5.85. The average Bonchev–Trinajstić information content (AvgIpc) is 3.21. The summed E-state index contributed by atoms with van der Waals surface area (Å²) in [6, 6.07) is -1.44. The lowest BCUT2D eigenvalue weighted by atomic mass is 10.2. The second kappa shape index (κ2) is 9.15. The summed E-state index contributed by atoms with van der Waals surface area (Å²) < 4.78 is 37.8. The lowest BCUT2D eigenvalue weighted by Crippen LogP contribution is -2.55. The maximum absolute atomic E-state index is 12.6. The molecule has 0 radical (unpaired) electrons. The molecule has 1 amide bonds. The van der Waals surface area contributed by atoms with Crippen LogP contribution >= 0.6 is 24.8 Å². The lowest BCUT2D eigenvalue weighted by molar-refractivity contribution is -0.182. The zero-order valence-electron chi connectivity index (χ0n) is 12.6. The van der Waals surface area contributed by atoms with Crippen LogP contribution in [0.1, 0.15) is 19.8 Å². The van der Waals surface area contributed by atoms with E-state index in [4.69, 9.17) is 0 Å². The molecular weight excluding hydrogens is 342 g/mol. The van der Waals surface area contributed by atoms with Crippen molar-refractivity contribution in [1.82, 2.24) is 15.1 Å². The molecule has 132 valence electrons. The van der Waals surface area contributed by atoms with Gasteiger partial charge in [-0.25, -0.2) is 0 Å². The molecule has 1 N–H and O–H groups in total. The summed E-state index contributed by atoms with van der Waals surface area (Å²) in [4.78, 5) is 14.9. The predicted molar refractivity (Wildman–Crippen MR) is 83.8 cm³/mol. The van der Waals surface area contributed by atoms with E-state index in [1.54, 1.807) is 4.90 Å². The van der Waals surface area contributed by atoms with Crippen molar-refractivity contribution in [3.8, 4) is 0 Å². The van der Waals surface area contributed by atoms with Crippen LogP contribution in [-0.4, -0.2) is 67.2 Å². The number of piperazine rings is 1. The van der Waals surface area contributed by atoms with Crippen molar-refractivity contribution in [1.29, 1.82) is 0 Å². The summed E-state index contributed by atoms with van der Waals surface area (Å²) in [5, 5.41) is 3.12. The zero-order valence-corrected chi connectivity index (χ0v) is 14.2. The smallest absolute Gasteiger partial charge is 0.339 e. The monoisotopic (exact) mass is 365 g/mol. The second-order valence-corrected chi connectivity index (χ2v) is 5.71. The van der Waals surface area contributed by atoms with Gasteiger partial charge >= 0.3 is 6.18 Å². The van der Waals surface area contributed by atoms with Gasteiger partial charge in [0.1, 0.15) is 6.04 Å². The molecule has 0 aromatic rings. The van der Waals surface area contributed by atoms with Gasteiger partial charge in [-0.2, -0.15) is 13.2 Å². The molecule has 1 saturated carbocycles. The minimum Gasteiger partial charge on any atom is -0.339 e. The van der Waals surface area contributed by atoms with E-state index in [9.17, 15) is 18.0 Å². The molecule has 2 fully saturated rings. The van der Waals surface area contributed by atoms with Crippen LogP contribution in [-0.2, 0) is 4.79 Å². The van der Waals surface area contributed by atoms with Crippen LogP contribution in [0.5, 0.6) is 0 Å². The van der Waals surface area contributed by atoms with E-state index < -0.39 is 12.2 Å². The molecule has 0 bridgehead atoms. The van der Waals surface area contributed by atoms with Gasteiger partial charge in [0.2, 0.25) is 5.91 Å². The Bertz CT molecular complexity index is 346. The molecule has 9 heteroatoms. The first-order valence-corrected chi connectivity index (χ1v) is 7.17. The van der Waals surface area contributed by atoms with Crippen LogP contribution in [0, 0.1) is 5.92 Å². The number of hydrogen-bond acceptors (Lipinski definition) is 3. The summed E-state index contributed by atoms with van der Waals surface area (Å²) in [5.74, 6) is 0.706. The van der Waals surface area contributed by atoms with Crippen molar-refractivity contribution in [2.45, 2.75) is 32.0 Å². The van der Waals surface area contributed by atoms with Gasteiger partial charge in [0.25, 0.3) is 0 Å². The molecular formula is C13H24Cl2F3N3O. The van der Waals surface area contributed by atoms with E-state index in [2.05, 4.69) is 5.32 Å². The van der Waals surface area contributed by atoms with E-state index in [1.807, 2.05) is 0 Å². The highest BCUT2D eigenvalue weighted by Gasteiger charge is 2.41. The largest absolute Gasteiger partial charge is 0.403 e. The van der Waals surface area contributed by atoms with Crippen molar-refractivity contribution < 1.29 is 18.0 Å². The summed E-state index contributed by atoms with van der Waals surface area (Å²) in [6.07, 6.45) is -1.73. The van der Waals surface area contributed by atoms with Gasteiger partial charge in [-0.15, -0.1) is 24.8 Å². The number of alkyl halides is 3. The Balaban J connectivity index is 0.00000220. The van der Waals surface area contributed by atoms with E-state index in [-0.39, 0.29) is 43.8 Å². The predicted octanol–water partition coefficient (Wildman–Crippen LogP) is 1.92. The van der Waals surface area contributed by atoms with Gasteiger partial charge in [-0.05, 0) is 32.2 Å². The molecule has 1 aliphatic heterocycles. The summed E-state index contributed by atoms with van der Waals surface area (Å²) in [5.41, 5.74) is 0. The van der Waals surface area contributed by atoms with Gasteiger partial charge in [-0.1, -0.05) is 0 Å². The lowest BCUT2D eigenvalue weighted by Gasteiger charge is -2.38. The third-order valence-electron chi connectivity index (χ3n) is 4.09. The minimum atomic E-state index is -4.20. The van der Waals surface area contributed by atoms with E-state index in [1.165, 1.54) is 24.7 Å². The van der Waals surface area contributed by atoms with Crippen LogP contribution in [0.3, 0.4) is 0 Å². The van der Waals surface area contributed by atoms with Crippen molar-refractivity contribution in [2.75, 3.05) is 39.3 Å². The van der Waals surface area contributed by atoms with Gasteiger partial charge in [0, 0.05) is 26.2 Å². The maximum Gasteiger partial charge on any atom is 0.403 e. The summed E-state index contributed by atoms with van der Waals surface area (Å²) in [6.45, 7) is 3.68. The normalized spacial score (nSPS) is 20.8. The Hall–Kier alpha value is -0.240.